The SMILES string of the molecule is CCC(C)(OC)c1noc(CNC(C)(C)C)n1. The Balaban J connectivity index is 2.71. The summed E-state index contributed by atoms with van der Waals surface area (Å²) < 4.78 is 10.6. The van der Waals surface area contributed by atoms with E-state index in [1.807, 2.05) is 13.8 Å². The number of nitrogens with zero attached hydrogens (tertiary/aromatic N) is 2. The van der Waals surface area contributed by atoms with Crippen LogP contribution in [0, 0.1) is 0 Å². The molecule has 0 radical (unpaired) electrons. The smallest absolute Gasteiger partial charge is 0.240 e. The fraction of sp³-hybridized carbons (Fsp3) is 0.833. The molecular weight excluding hydrogens is 218 g/mol. The van der Waals surface area contributed by atoms with Gasteiger partial charge in [-0.1, -0.05) is 12.1 Å². The summed E-state index contributed by atoms with van der Waals surface area (Å²) in [5.74, 6) is 1.19. The van der Waals surface area contributed by atoms with Crippen LogP contribution < -0.4 is 5.32 Å². The van der Waals surface area contributed by atoms with Gasteiger partial charge in [0, 0.05) is 12.6 Å². The van der Waals surface area contributed by atoms with Crippen LogP contribution in [0.5, 0.6) is 0 Å². The lowest BCUT2D eigenvalue weighted by Crippen LogP contribution is -2.35. The van der Waals surface area contributed by atoms with Gasteiger partial charge in [-0.3, -0.25) is 0 Å². The Morgan fingerprint density at radius 1 is 1.29 bits per heavy atom. The molecule has 0 amide bonds. The zero-order valence-corrected chi connectivity index (χ0v) is 11.6. The molecule has 0 aromatic carbocycles. The minimum Gasteiger partial charge on any atom is -0.370 e. The first-order valence-electron chi connectivity index (χ1n) is 5.94. The maximum atomic E-state index is 5.43. The predicted molar refractivity (Wildman–Crippen MR) is 65.5 cm³/mol. The Labute approximate surface area is 103 Å². The standard InChI is InChI=1S/C12H23N3O2/c1-7-12(5,16-6)10-14-9(17-15-10)8-13-11(2,3)4/h13H,7-8H2,1-6H3. The average molecular weight is 241 g/mol. The third-order valence-corrected chi connectivity index (χ3v) is 2.84. The number of ether oxygens (including phenoxy) is 1. The first-order valence-corrected chi connectivity index (χ1v) is 5.94. The van der Waals surface area contributed by atoms with Gasteiger partial charge in [-0.2, -0.15) is 4.98 Å². The molecule has 98 valence electrons. The lowest BCUT2D eigenvalue weighted by Gasteiger charge is -2.22. The second-order valence-electron chi connectivity index (χ2n) is 5.40. The van der Waals surface area contributed by atoms with E-state index in [-0.39, 0.29) is 5.54 Å². The minimum atomic E-state index is -0.469. The summed E-state index contributed by atoms with van der Waals surface area (Å²) in [6.45, 7) is 10.8. The highest BCUT2D eigenvalue weighted by molar-refractivity contribution is 4.99. The molecule has 1 atom stereocenters. The van der Waals surface area contributed by atoms with E-state index in [2.05, 4.69) is 36.2 Å². The summed E-state index contributed by atoms with van der Waals surface area (Å²) in [5, 5.41) is 7.28. The monoisotopic (exact) mass is 241 g/mol. The molecule has 1 rings (SSSR count). The molecule has 5 heteroatoms. The molecule has 0 bridgehead atoms. The van der Waals surface area contributed by atoms with Crippen LogP contribution in [0.1, 0.15) is 52.8 Å². The summed E-state index contributed by atoms with van der Waals surface area (Å²) >= 11 is 0. The number of rotatable bonds is 5. The molecule has 0 aliphatic carbocycles. The Hall–Kier alpha value is -0.940. The molecule has 0 aliphatic rings. The highest BCUT2D eigenvalue weighted by Gasteiger charge is 2.30. The van der Waals surface area contributed by atoms with Crippen LogP contribution in [-0.4, -0.2) is 22.8 Å². The van der Waals surface area contributed by atoms with E-state index in [0.29, 0.717) is 18.3 Å². The van der Waals surface area contributed by atoms with Crippen LogP contribution in [0.4, 0.5) is 0 Å². The van der Waals surface area contributed by atoms with Crippen molar-refractivity contribution in [2.24, 2.45) is 0 Å². The Bertz CT molecular complexity index is 351. The normalized spacial score (nSPS) is 15.9. The molecule has 0 spiro atoms. The highest BCUT2D eigenvalue weighted by atomic mass is 16.5. The van der Waals surface area contributed by atoms with Crippen molar-refractivity contribution in [2.75, 3.05) is 7.11 Å². The average Bonchev–Trinajstić information content (AvgIpc) is 2.73. The van der Waals surface area contributed by atoms with Crippen LogP contribution in [-0.2, 0) is 16.9 Å². The fourth-order valence-corrected chi connectivity index (χ4v) is 1.28. The summed E-state index contributed by atoms with van der Waals surface area (Å²) in [7, 11) is 1.66. The maximum Gasteiger partial charge on any atom is 0.240 e. The number of nitrogens with one attached hydrogen (secondary N) is 1. The molecule has 5 nitrogen and oxygen atoms in total. The molecule has 0 saturated heterocycles. The summed E-state index contributed by atoms with van der Waals surface area (Å²) in [5.41, 5.74) is -0.437. The Morgan fingerprint density at radius 3 is 2.41 bits per heavy atom. The molecule has 0 aliphatic heterocycles. The van der Waals surface area contributed by atoms with Crippen molar-refractivity contribution < 1.29 is 9.26 Å². The second-order valence-corrected chi connectivity index (χ2v) is 5.40. The van der Waals surface area contributed by atoms with Crippen molar-refractivity contribution in [2.45, 2.75) is 58.7 Å². The third-order valence-electron chi connectivity index (χ3n) is 2.84. The van der Waals surface area contributed by atoms with E-state index < -0.39 is 5.60 Å². The van der Waals surface area contributed by atoms with Crippen LogP contribution in [0.15, 0.2) is 4.52 Å². The van der Waals surface area contributed by atoms with Crippen molar-refractivity contribution in [3.63, 3.8) is 0 Å². The van der Waals surface area contributed by atoms with Crippen molar-refractivity contribution in [3.8, 4) is 0 Å². The van der Waals surface area contributed by atoms with E-state index in [9.17, 15) is 0 Å². The highest BCUT2D eigenvalue weighted by Crippen LogP contribution is 2.25. The first-order chi connectivity index (χ1) is 7.80. The van der Waals surface area contributed by atoms with E-state index in [1.54, 1.807) is 7.11 Å². The minimum absolute atomic E-state index is 0.0317. The van der Waals surface area contributed by atoms with Crippen molar-refractivity contribution >= 4 is 0 Å². The van der Waals surface area contributed by atoms with Gasteiger partial charge in [0.25, 0.3) is 0 Å². The van der Waals surface area contributed by atoms with Gasteiger partial charge in [0.1, 0.15) is 5.60 Å². The second kappa shape index (κ2) is 5.14. The van der Waals surface area contributed by atoms with Crippen molar-refractivity contribution in [3.05, 3.63) is 11.7 Å². The third kappa shape index (κ3) is 3.78. The molecule has 1 N–H and O–H groups in total. The summed E-state index contributed by atoms with van der Waals surface area (Å²) in [6, 6.07) is 0. The van der Waals surface area contributed by atoms with Gasteiger partial charge in [0.15, 0.2) is 0 Å². The van der Waals surface area contributed by atoms with Gasteiger partial charge in [-0.25, -0.2) is 0 Å². The first kappa shape index (κ1) is 14.1. The van der Waals surface area contributed by atoms with Gasteiger partial charge in [-0.15, -0.1) is 0 Å². The molecule has 1 heterocycles. The van der Waals surface area contributed by atoms with Crippen LogP contribution in [0.2, 0.25) is 0 Å². The van der Waals surface area contributed by atoms with Crippen LogP contribution >= 0.6 is 0 Å². The summed E-state index contributed by atoms with van der Waals surface area (Å²) in [6.07, 6.45) is 0.801. The van der Waals surface area contributed by atoms with E-state index in [0.717, 1.165) is 6.42 Å². The van der Waals surface area contributed by atoms with Crippen molar-refractivity contribution in [1.29, 1.82) is 0 Å². The lowest BCUT2D eigenvalue weighted by molar-refractivity contribution is -0.0106. The lowest BCUT2D eigenvalue weighted by atomic mass is 10.0. The number of aromatic nitrogens is 2. The fourth-order valence-electron chi connectivity index (χ4n) is 1.28. The van der Waals surface area contributed by atoms with Crippen LogP contribution in [0.3, 0.4) is 0 Å². The van der Waals surface area contributed by atoms with E-state index >= 15 is 0 Å². The van der Waals surface area contributed by atoms with Gasteiger partial charge in [0.2, 0.25) is 11.7 Å². The number of hydrogen-bond acceptors (Lipinski definition) is 5. The topological polar surface area (TPSA) is 60.2 Å². The van der Waals surface area contributed by atoms with Gasteiger partial charge < -0.3 is 14.6 Å². The van der Waals surface area contributed by atoms with Gasteiger partial charge >= 0.3 is 0 Å². The Morgan fingerprint density at radius 2 is 1.94 bits per heavy atom. The molecular formula is C12H23N3O2. The predicted octanol–water partition coefficient (Wildman–Crippen LogP) is 2.23. The molecule has 17 heavy (non-hydrogen) atoms. The molecule has 1 aromatic rings. The molecule has 0 saturated carbocycles. The zero-order chi connectivity index (χ0) is 13.1. The molecule has 0 fully saturated rings. The largest absolute Gasteiger partial charge is 0.370 e. The maximum absolute atomic E-state index is 5.43. The number of hydrogen-bond donors (Lipinski definition) is 1. The molecule has 1 unspecified atom stereocenters. The van der Waals surface area contributed by atoms with Gasteiger partial charge in [-0.05, 0) is 34.1 Å². The van der Waals surface area contributed by atoms with E-state index in [4.69, 9.17) is 9.26 Å². The van der Waals surface area contributed by atoms with Crippen LogP contribution in [0.25, 0.3) is 0 Å². The summed E-state index contributed by atoms with van der Waals surface area (Å²) in [4.78, 5) is 4.36. The molecule has 1 aromatic heterocycles. The zero-order valence-electron chi connectivity index (χ0n) is 11.6. The van der Waals surface area contributed by atoms with Gasteiger partial charge in [0.05, 0.1) is 6.54 Å². The quantitative estimate of drug-likeness (QED) is 0.856. The van der Waals surface area contributed by atoms with Crippen molar-refractivity contribution in [1.82, 2.24) is 15.5 Å². The Kier molecular flexibility index (Phi) is 4.27. The number of methoxy groups -OCH3 is 1. The van der Waals surface area contributed by atoms with E-state index in [1.165, 1.54) is 0 Å².